The molecule has 0 spiro atoms. The minimum atomic E-state index is -0.633. The Balaban J connectivity index is 1.81. The molecule has 0 saturated carbocycles. The summed E-state index contributed by atoms with van der Waals surface area (Å²) >= 11 is 0. The van der Waals surface area contributed by atoms with Gasteiger partial charge in [0.15, 0.2) is 11.5 Å². The van der Waals surface area contributed by atoms with E-state index in [2.05, 4.69) is 20.7 Å². The van der Waals surface area contributed by atoms with Gasteiger partial charge in [0.1, 0.15) is 23.9 Å². The molecule has 1 amide bonds. The summed E-state index contributed by atoms with van der Waals surface area (Å²) in [4.78, 5) is 18.0. The van der Waals surface area contributed by atoms with Crippen molar-refractivity contribution < 1.29 is 28.5 Å². The van der Waals surface area contributed by atoms with Gasteiger partial charge in [0.05, 0.1) is 46.8 Å². The molecule has 2 N–H and O–H groups in total. The van der Waals surface area contributed by atoms with Crippen molar-refractivity contribution in [3.63, 3.8) is 0 Å². The van der Waals surface area contributed by atoms with E-state index < -0.39 is 6.04 Å². The third-order valence-corrected chi connectivity index (χ3v) is 5.70. The van der Waals surface area contributed by atoms with Gasteiger partial charge in [-0.2, -0.15) is 10.1 Å². The van der Waals surface area contributed by atoms with Gasteiger partial charge in [-0.3, -0.25) is 4.79 Å². The zero-order valence-electron chi connectivity index (χ0n) is 20.3. The molecular weight excluding hydrogens is 454 g/mol. The summed E-state index contributed by atoms with van der Waals surface area (Å²) in [5, 5.41) is 10.5. The topological polar surface area (TPSA) is 118 Å². The highest BCUT2D eigenvalue weighted by atomic mass is 16.5. The molecule has 0 radical (unpaired) electrons. The Labute approximate surface area is 202 Å². The van der Waals surface area contributed by atoms with Gasteiger partial charge >= 0.3 is 0 Å². The zero-order valence-corrected chi connectivity index (χ0v) is 20.3. The van der Waals surface area contributed by atoms with E-state index in [0.717, 1.165) is 0 Å². The highest BCUT2D eigenvalue weighted by molar-refractivity contribution is 6.06. The van der Waals surface area contributed by atoms with Crippen LogP contribution in [0.25, 0.3) is 0 Å². The van der Waals surface area contributed by atoms with E-state index >= 15 is 0 Å². The second kappa shape index (κ2) is 9.84. The van der Waals surface area contributed by atoms with E-state index in [9.17, 15) is 4.79 Å². The summed E-state index contributed by atoms with van der Waals surface area (Å²) in [5.41, 5.74) is 2.23. The maximum absolute atomic E-state index is 13.7. The summed E-state index contributed by atoms with van der Waals surface area (Å²) in [5.74, 6) is 2.58. The lowest BCUT2D eigenvalue weighted by Crippen LogP contribution is -2.31. The molecule has 11 nitrogen and oxygen atoms in total. The number of amides is 1. The number of allylic oxidation sites excluding steroid dienone is 1. The Morgan fingerprint density at radius 3 is 2.23 bits per heavy atom. The highest BCUT2D eigenvalue weighted by Crippen LogP contribution is 2.44. The molecule has 184 valence electrons. The van der Waals surface area contributed by atoms with Crippen LogP contribution in [0.3, 0.4) is 0 Å². The Morgan fingerprint density at radius 2 is 1.63 bits per heavy atom. The average Bonchev–Trinajstić information content (AvgIpc) is 3.34. The number of carbonyl (C=O) groups is 1. The van der Waals surface area contributed by atoms with Gasteiger partial charge in [-0.1, -0.05) is 0 Å². The number of carbonyl (C=O) groups excluding carboxylic acids is 1. The van der Waals surface area contributed by atoms with Crippen molar-refractivity contribution in [1.82, 2.24) is 14.8 Å². The SMILES string of the molecule is COc1ccc(NC(=O)C2=C(C)Nc3ncnn3[C@@H]2c2cc(OC)c(OC)c(OC)c2)c(OC)c1. The van der Waals surface area contributed by atoms with Crippen molar-refractivity contribution in [3.05, 3.63) is 53.5 Å². The predicted octanol–water partition coefficient (Wildman–Crippen LogP) is 3.25. The number of hydrogen-bond donors (Lipinski definition) is 2. The van der Waals surface area contributed by atoms with Crippen LogP contribution in [0.1, 0.15) is 18.5 Å². The molecule has 0 aliphatic carbocycles. The second-order valence-electron chi connectivity index (χ2n) is 7.57. The number of rotatable bonds is 8. The maximum Gasteiger partial charge on any atom is 0.255 e. The van der Waals surface area contributed by atoms with E-state index in [0.29, 0.717) is 57.2 Å². The van der Waals surface area contributed by atoms with Crippen LogP contribution < -0.4 is 34.3 Å². The lowest BCUT2D eigenvalue weighted by molar-refractivity contribution is -0.113. The molecule has 11 heteroatoms. The fraction of sp³-hybridized carbons (Fsp3) is 0.292. The van der Waals surface area contributed by atoms with Crippen LogP contribution in [0.4, 0.5) is 11.6 Å². The zero-order chi connectivity index (χ0) is 25.1. The third-order valence-electron chi connectivity index (χ3n) is 5.70. The summed E-state index contributed by atoms with van der Waals surface area (Å²) in [7, 11) is 7.69. The molecule has 3 aromatic rings. The first kappa shape index (κ1) is 23.7. The monoisotopic (exact) mass is 481 g/mol. The van der Waals surface area contributed by atoms with Gasteiger partial charge in [0.2, 0.25) is 11.7 Å². The van der Waals surface area contributed by atoms with Crippen molar-refractivity contribution in [2.45, 2.75) is 13.0 Å². The number of methoxy groups -OCH3 is 5. The first-order valence-electron chi connectivity index (χ1n) is 10.7. The molecule has 2 heterocycles. The number of hydrogen-bond acceptors (Lipinski definition) is 9. The molecule has 0 saturated heterocycles. The van der Waals surface area contributed by atoms with Gasteiger partial charge in [0.25, 0.3) is 5.91 Å². The molecule has 0 unspecified atom stereocenters. The van der Waals surface area contributed by atoms with E-state index in [1.165, 1.54) is 34.8 Å². The molecular formula is C24H27N5O6. The fourth-order valence-corrected chi connectivity index (χ4v) is 4.04. The molecule has 0 fully saturated rings. The quantitative estimate of drug-likeness (QED) is 0.500. The standard InChI is InChI=1S/C24H27N5O6/c1-13-20(23(30)28-16-8-7-15(31-2)11-17(16)32-3)21(29-24(27-13)25-12-26-29)14-9-18(33-4)22(35-6)19(10-14)34-5/h7-12,21H,1-6H3,(H,28,30)(H,25,26,27)/t21-/m1/s1. The average molecular weight is 482 g/mol. The molecule has 1 aliphatic heterocycles. The van der Waals surface area contributed by atoms with Crippen molar-refractivity contribution in [2.75, 3.05) is 46.2 Å². The van der Waals surface area contributed by atoms with Crippen molar-refractivity contribution in [2.24, 2.45) is 0 Å². The van der Waals surface area contributed by atoms with Gasteiger partial charge in [-0.15, -0.1) is 0 Å². The second-order valence-corrected chi connectivity index (χ2v) is 7.57. The maximum atomic E-state index is 13.7. The number of fused-ring (bicyclic) bond motifs is 1. The van der Waals surface area contributed by atoms with Gasteiger partial charge < -0.3 is 34.3 Å². The normalized spacial score (nSPS) is 14.5. The molecule has 1 atom stereocenters. The van der Waals surface area contributed by atoms with E-state index in [-0.39, 0.29) is 5.91 Å². The number of nitrogens with one attached hydrogen (secondary N) is 2. The minimum absolute atomic E-state index is 0.349. The lowest BCUT2D eigenvalue weighted by Gasteiger charge is -2.29. The lowest BCUT2D eigenvalue weighted by atomic mass is 9.94. The minimum Gasteiger partial charge on any atom is -0.497 e. The van der Waals surface area contributed by atoms with Crippen LogP contribution in [-0.2, 0) is 4.79 Å². The molecule has 35 heavy (non-hydrogen) atoms. The Kier molecular flexibility index (Phi) is 6.67. The fourth-order valence-electron chi connectivity index (χ4n) is 4.04. The smallest absolute Gasteiger partial charge is 0.255 e. The Hall–Kier alpha value is -4.41. The van der Waals surface area contributed by atoms with Gasteiger partial charge in [-0.25, -0.2) is 4.68 Å². The summed E-state index contributed by atoms with van der Waals surface area (Å²) in [6.45, 7) is 1.81. The Morgan fingerprint density at radius 1 is 0.943 bits per heavy atom. The van der Waals surface area contributed by atoms with Crippen LogP contribution in [0, 0.1) is 0 Å². The number of aromatic nitrogens is 3. The van der Waals surface area contributed by atoms with E-state index in [1.54, 1.807) is 42.1 Å². The van der Waals surface area contributed by atoms with Crippen molar-refractivity contribution in [1.29, 1.82) is 0 Å². The highest BCUT2D eigenvalue weighted by Gasteiger charge is 2.35. The number of anilines is 2. The van der Waals surface area contributed by atoms with Crippen molar-refractivity contribution in [3.8, 4) is 28.7 Å². The first-order valence-corrected chi connectivity index (χ1v) is 10.7. The largest absolute Gasteiger partial charge is 0.497 e. The van der Waals surface area contributed by atoms with Gasteiger partial charge in [-0.05, 0) is 36.8 Å². The van der Waals surface area contributed by atoms with Crippen LogP contribution in [0.15, 0.2) is 47.9 Å². The predicted molar refractivity (Wildman–Crippen MR) is 129 cm³/mol. The number of ether oxygens (including phenoxy) is 5. The van der Waals surface area contributed by atoms with Crippen LogP contribution >= 0.6 is 0 Å². The van der Waals surface area contributed by atoms with Crippen molar-refractivity contribution >= 4 is 17.5 Å². The Bertz CT molecular complexity index is 1260. The van der Waals surface area contributed by atoms with Crippen LogP contribution in [0.2, 0.25) is 0 Å². The summed E-state index contributed by atoms with van der Waals surface area (Å²) in [6.07, 6.45) is 1.42. The molecule has 1 aliphatic rings. The van der Waals surface area contributed by atoms with Crippen LogP contribution in [-0.4, -0.2) is 56.2 Å². The number of nitrogens with zero attached hydrogens (tertiary/aromatic N) is 3. The molecule has 0 bridgehead atoms. The third kappa shape index (κ3) is 4.27. The van der Waals surface area contributed by atoms with E-state index in [4.69, 9.17) is 23.7 Å². The van der Waals surface area contributed by atoms with Crippen LogP contribution in [0.5, 0.6) is 28.7 Å². The molecule has 1 aromatic heterocycles. The number of benzene rings is 2. The summed E-state index contributed by atoms with van der Waals surface area (Å²) < 4.78 is 28.9. The molecule has 2 aromatic carbocycles. The first-order chi connectivity index (χ1) is 16.9. The summed E-state index contributed by atoms with van der Waals surface area (Å²) in [6, 6.07) is 8.10. The van der Waals surface area contributed by atoms with Gasteiger partial charge in [0, 0.05) is 11.8 Å². The van der Waals surface area contributed by atoms with E-state index in [1.807, 2.05) is 6.92 Å². The molecule has 4 rings (SSSR count).